The van der Waals surface area contributed by atoms with Crippen LogP contribution in [-0.4, -0.2) is 9.78 Å². The van der Waals surface area contributed by atoms with Gasteiger partial charge in [-0.3, -0.25) is 4.68 Å². The van der Waals surface area contributed by atoms with Crippen LogP contribution < -0.4 is 5.32 Å². The Morgan fingerprint density at radius 3 is 2.65 bits per heavy atom. The summed E-state index contributed by atoms with van der Waals surface area (Å²) in [7, 11) is 1.94. The number of rotatable bonds is 4. The number of hydrogen-bond donors (Lipinski definition) is 1. The van der Waals surface area contributed by atoms with E-state index in [9.17, 15) is 0 Å². The molecule has 1 aromatic carbocycles. The molecule has 17 heavy (non-hydrogen) atoms. The first-order valence-electron chi connectivity index (χ1n) is 5.90. The fraction of sp³-hybridized carbons (Fsp3) is 0.357. The van der Waals surface area contributed by atoms with E-state index in [0.29, 0.717) is 0 Å². The van der Waals surface area contributed by atoms with Crippen LogP contribution in [0.3, 0.4) is 0 Å². The van der Waals surface area contributed by atoms with E-state index in [1.165, 1.54) is 16.7 Å². The zero-order chi connectivity index (χ0) is 12.3. The summed E-state index contributed by atoms with van der Waals surface area (Å²) in [6.45, 7) is 5.99. The second kappa shape index (κ2) is 5.15. The lowest BCUT2D eigenvalue weighted by Crippen LogP contribution is -2.14. The van der Waals surface area contributed by atoms with E-state index in [4.69, 9.17) is 0 Å². The second-order valence-electron chi connectivity index (χ2n) is 4.51. The highest BCUT2D eigenvalue weighted by Gasteiger charge is 2.00. The van der Waals surface area contributed by atoms with Gasteiger partial charge in [0.2, 0.25) is 0 Å². The molecule has 0 saturated carbocycles. The van der Waals surface area contributed by atoms with Crippen molar-refractivity contribution in [2.45, 2.75) is 26.9 Å². The van der Waals surface area contributed by atoms with Gasteiger partial charge in [0.15, 0.2) is 0 Å². The van der Waals surface area contributed by atoms with Crippen molar-refractivity contribution < 1.29 is 0 Å². The molecule has 2 rings (SSSR count). The van der Waals surface area contributed by atoms with Crippen molar-refractivity contribution in [1.29, 1.82) is 0 Å². The van der Waals surface area contributed by atoms with Crippen LogP contribution in [0.25, 0.3) is 0 Å². The third kappa shape index (κ3) is 3.17. The molecule has 0 aliphatic carbocycles. The summed E-state index contributed by atoms with van der Waals surface area (Å²) in [5, 5.41) is 7.75. The Morgan fingerprint density at radius 2 is 2.00 bits per heavy atom. The second-order valence-corrected chi connectivity index (χ2v) is 4.51. The molecule has 0 bridgehead atoms. The van der Waals surface area contributed by atoms with Gasteiger partial charge in [0.1, 0.15) is 0 Å². The largest absolute Gasteiger partial charge is 0.307 e. The summed E-state index contributed by atoms with van der Waals surface area (Å²) >= 11 is 0. The summed E-state index contributed by atoms with van der Waals surface area (Å²) in [4.78, 5) is 0. The topological polar surface area (TPSA) is 29.9 Å². The monoisotopic (exact) mass is 229 g/mol. The Kier molecular flexibility index (Phi) is 3.59. The molecule has 0 atom stereocenters. The van der Waals surface area contributed by atoms with Crippen LogP contribution in [0.4, 0.5) is 0 Å². The van der Waals surface area contributed by atoms with Gasteiger partial charge in [-0.05, 0) is 31.0 Å². The van der Waals surface area contributed by atoms with Crippen molar-refractivity contribution >= 4 is 0 Å². The zero-order valence-electron chi connectivity index (χ0n) is 10.7. The first-order valence-corrected chi connectivity index (χ1v) is 5.90. The Morgan fingerprint density at radius 1 is 1.18 bits per heavy atom. The molecule has 1 aromatic heterocycles. The third-order valence-electron chi connectivity index (χ3n) is 2.89. The average Bonchev–Trinajstić information content (AvgIpc) is 2.68. The SMILES string of the molecule is Cc1ccc(CNCc2ccn(C)n2)c(C)c1. The number of nitrogens with one attached hydrogen (secondary N) is 1. The Hall–Kier alpha value is -1.61. The third-order valence-corrected chi connectivity index (χ3v) is 2.89. The fourth-order valence-electron chi connectivity index (χ4n) is 1.93. The maximum Gasteiger partial charge on any atom is 0.0762 e. The van der Waals surface area contributed by atoms with Gasteiger partial charge >= 0.3 is 0 Å². The van der Waals surface area contributed by atoms with Gasteiger partial charge in [-0.15, -0.1) is 0 Å². The first kappa shape index (κ1) is 11.9. The molecule has 3 heteroatoms. The Bertz CT molecular complexity index is 500. The predicted octanol–water partition coefficient (Wildman–Crippen LogP) is 2.33. The highest BCUT2D eigenvalue weighted by atomic mass is 15.3. The number of nitrogens with zero attached hydrogens (tertiary/aromatic N) is 2. The summed E-state index contributed by atoms with van der Waals surface area (Å²) in [5.41, 5.74) is 5.10. The minimum Gasteiger partial charge on any atom is -0.307 e. The van der Waals surface area contributed by atoms with Crippen molar-refractivity contribution in [2.24, 2.45) is 7.05 Å². The number of benzene rings is 1. The van der Waals surface area contributed by atoms with Crippen molar-refractivity contribution in [2.75, 3.05) is 0 Å². The van der Waals surface area contributed by atoms with Crippen LogP contribution in [0.5, 0.6) is 0 Å². The van der Waals surface area contributed by atoms with E-state index in [-0.39, 0.29) is 0 Å². The summed E-state index contributed by atoms with van der Waals surface area (Å²) in [6, 6.07) is 8.60. The van der Waals surface area contributed by atoms with E-state index < -0.39 is 0 Å². The lowest BCUT2D eigenvalue weighted by atomic mass is 10.1. The van der Waals surface area contributed by atoms with Crippen molar-refractivity contribution in [3.8, 4) is 0 Å². The van der Waals surface area contributed by atoms with Crippen LogP contribution in [-0.2, 0) is 20.1 Å². The quantitative estimate of drug-likeness (QED) is 0.872. The van der Waals surface area contributed by atoms with E-state index in [1.807, 2.05) is 24.0 Å². The first-order chi connectivity index (χ1) is 8.15. The van der Waals surface area contributed by atoms with Crippen LogP contribution in [0.2, 0.25) is 0 Å². The molecule has 1 heterocycles. The molecule has 1 N–H and O–H groups in total. The smallest absolute Gasteiger partial charge is 0.0762 e. The molecule has 0 spiro atoms. The predicted molar refractivity (Wildman–Crippen MR) is 69.7 cm³/mol. The van der Waals surface area contributed by atoms with Crippen LogP contribution >= 0.6 is 0 Å². The molecule has 0 aliphatic heterocycles. The lowest BCUT2D eigenvalue weighted by molar-refractivity contribution is 0.654. The average molecular weight is 229 g/mol. The van der Waals surface area contributed by atoms with Gasteiger partial charge in [-0.2, -0.15) is 5.10 Å². The van der Waals surface area contributed by atoms with Crippen molar-refractivity contribution in [3.05, 3.63) is 52.8 Å². The lowest BCUT2D eigenvalue weighted by Gasteiger charge is -2.07. The highest BCUT2D eigenvalue weighted by molar-refractivity contribution is 5.30. The van der Waals surface area contributed by atoms with E-state index in [1.54, 1.807) is 0 Å². The maximum absolute atomic E-state index is 4.33. The van der Waals surface area contributed by atoms with E-state index in [0.717, 1.165) is 18.8 Å². The minimum atomic E-state index is 0.814. The number of hydrogen-bond acceptors (Lipinski definition) is 2. The molecule has 0 amide bonds. The van der Waals surface area contributed by atoms with Crippen LogP contribution in [0.1, 0.15) is 22.4 Å². The van der Waals surface area contributed by atoms with Gasteiger partial charge in [0.05, 0.1) is 5.69 Å². The highest BCUT2D eigenvalue weighted by Crippen LogP contribution is 2.10. The fourth-order valence-corrected chi connectivity index (χ4v) is 1.93. The summed E-state index contributed by atoms with van der Waals surface area (Å²) in [6.07, 6.45) is 1.97. The minimum absolute atomic E-state index is 0.814. The normalized spacial score (nSPS) is 10.8. The number of aromatic nitrogens is 2. The molecule has 90 valence electrons. The molecule has 0 aliphatic rings. The van der Waals surface area contributed by atoms with Crippen molar-refractivity contribution in [1.82, 2.24) is 15.1 Å². The molecule has 0 saturated heterocycles. The van der Waals surface area contributed by atoms with E-state index >= 15 is 0 Å². The molecular formula is C14H19N3. The maximum atomic E-state index is 4.33. The number of aryl methyl sites for hydroxylation is 3. The Balaban J connectivity index is 1.90. The van der Waals surface area contributed by atoms with Gasteiger partial charge in [-0.1, -0.05) is 23.8 Å². The zero-order valence-corrected chi connectivity index (χ0v) is 10.7. The van der Waals surface area contributed by atoms with Gasteiger partial charge in [-0.25, -0.2) is 0 Å². The van der Waals surface area contributed by atoms with Gasteiger partial charge in [0, 0.05) is 26.3 Å². The molecule has 0 radical (unpaired) electrons. The summed E-state index contributed by atoms with van der Waals surface area (Å²) < 4.78 is 1.83. The molecule has 0 fully saturated rings. The molecule has 2 aromatic rings. The van der Waals surface area contributed by atoms with Crippen LogP contribution in [0, 0.1) is 13.8 Å². The summed E-state index contributed by atoms with van der Waals surface area (Å²) in [5.74, 6) is 0. The van der Waals surface area contributed by atoms with E-state index in [2.05, 4.69) is 42.5 Å². The molecular weight excluding hydrogens is 210 g/mol. The molecule has 0 unspecified atom stereocenters. The Labute approximate surface area is 102 Å². The molecule has 3 nitrogen and oxygen atoms in total. The standard InChI is InChI=1S/C14H19N3/c1-11-4-5-13(12(2)8-11)9-15-10-14-6-7-17(3)16-14/h4-8,15H,9-10H2,1-3H3. The van der Waals surface area contributed by atoms with Crippen LogP contribution in [0.15, 0.2) is 30.5 Å². The van der Waals surface area contributed by atoms with Gasteiger partial charge in [0.25, 0.3) is 0 Å². The van der Waals surface area contributed by atoms with Gasteiger partial charge < -0.3 is 5.32 Å². The van der Waals surface area contributed by atoms with Crippen molar-refractivity contribution in [3.63, 3.8) is 0 Å².